The second-order valence-corrected chi connectivity index (χ2v) is 4.92. The minimum Gasteiger partial charge on any atom is -0.460 e. The van der Waals surface area contributed by atoms with E-state index in [0.717, 1.165) is 38.8 Å². The van der Waals surface area contributed by atoms with Crippen LogP contribution in [0.15, 0.2) is 4.52 Å². The van der Waals surface area contributed by atoms with Gasteiger partial charge >= 0.3 is 5.97 Å². The first-order chi connectivity index (χ1) is 9.22. The van der Waals surface area contributed by atoms with Crippen molar-refractivity contribution in [1.82, 2.24) is 15.5 Å². The molecule has 0 spiro atoms. The zero-order valence-corrected chi connectivity index (χ0v) is 11.6. The number of esters is 1. The molecule has 6 nitrogen and oxygen atoms in total. The number of nitrogens with zero attached hydrogens (tertiary/aromatic N) is 2. The number of piperidine rings is 1. The van der Waals surface area contributed by atoms with Gasteiger partial charge in [0.1, 0.15) is 0 Å². The smallest absolute Gasteiger partial charge is 0.379 e. The standard InChI is InChI=1S/C13H21N3O3/c1-3-5-13(6-8-14-9-7-13)12-15-10(16-19-12)11(17)18-4-2/h14H,3-9H2,1-2H3. The van der Waals surface area contributed by atoms with Crippen LogP contribution in [-0.4, -0.2) is 35.8 Å². The lowest BCUT2D eigenvalue weighted by Crippen LogP contribution is -2.40. The molecular formula is C13H21N3O3. The van der Waals surface area contributed by atoms with E-state index < -0.39 is 5.97 Å². The van der Waals surface area contributed by atoms with E-state index in [0.29, 0.717) is 12.5 Å². The van der Waals surface area contributed by atoms with Crippen LogP contribution in [0.4, 0.5) is 0 Å². The van der Waals surface area contributed by atoms with E-state index in [9.17, 15) is 4.79 Å². The van der Waals surface area contributed by atoms with Crippen LogP contribution in [0.25, 0.3) is 0 Å². The summed E-state index contributed by atoms with van der Waals surface area (Å²) in [7, 11) is 0. The Balaban J connectivity index is 2.20. The molecule has 2 heterocycles. The van der Waals surface area contributed by atoms with Gasteiger partial charge in [0, 0.05) is 0 Å². The minimum atomic E-state index is -0.516. The number of hydrogen-bond acceptors (Lipinski definition) is 6. The largest absolute Gasteiger partial charge is 0.460 e. The van der Waals surface area contributed by atoms with E-state index in [1.807, 2.05) is 0 Å². The molecule has 0 unspecified atom stereocenters. The predicted octanol–water partition coefficient (Wildman–Crippen LogP) is 1.67. The first-order valence-corrected chi connectivity index (χ1v) is 6.94. The summed E-state index contributed by atoms with van der Waals surface area (Å²) in [4.78, 5) is 15.8. The fourth-order valence-electron chi connectivity index (χ4n) is 2.67. The SMILES string of the molecule is CCCC1(c2nc(C(=O)OCC)no2)CCNCC1. The summed E-state index contributed by atoms with van der Waals surface area (Å²) in [5, 5.41) is 7.09. The Bertz CT molecular complexity index is 419. The molecule has 1 N–H and O–H groups in total. The Kier molecular flexibility index (Phi) is 4.52. The third-order valence-electron chi connectivity index (χ3n) is 3.63. The zero-order valence-electron chi connectivity index (χ0n) is 11.6. The molecule has 0 atom stereocenters. The first kappa shape index (κ1) is 14.0. The van der Waals surface area contributed by atoms with E-state index in [1.165, 1.54) is 0 Å². The molecular weight excluding hydrogens is 246 g/mol. The quantitative estimate of drug-likeness (QED) is 0.818. The number of ether oxygens (including phenoxy) is 1. The van der Waals surface area contributed by atoms with Crippen LogP contribution in [0.3, 0.4) is 0 Å². The molecule has 1 aliphatic heterocycles. The Morgan fingerprint density at radius 2 is 2.16 bits per heavy atom. The lowest BCUT2D eigenvalue weighted by molar-refractivity contribution is 0.0508. The zero-order chi connectivity index (χ0) is 13.7. The summed E-state index contributed by atoms with van der Waals surface area (Å²) in [5.41, 5.74) is -0.0856. The lowest BCUT2D eigenvalue weighted by Gasteiger charge is -2.34. The molecule has 6 heteroatoms. The molecule has 0 amide bonds. The Morgan fingerprint density at radius 1 is 1.42 bits per heavy atom. The van der Waals surface area contributed by atoms with Crippen molar-refractivity contribution >= 4 is 5.97 Å². The van der Waals surface area contributed by atoms with Gasteiger partial charge in [0.05, 0.1) is 12.0 Å². The number of rotatable bonds is 5. The summed E-state index contributed by atoms with van der Waals surface area (Å²) < 4.78 is 10.2. The number of hydrogen-bond donors (Lipinski definition) is 1. The molecule has 0 aliphatic carbocycles. The van der Waals surface area contributed by atoms with Crippen LogP contribution in [0.5, 0.6) is 0 Å². The summed E-state index contributed by atoms with van der Waals surface area (Å²) in [6.07, 6.45) is 3.98. The highest BCUT2D eigenvalue weighted by atomic mass is 16.5. The van der Waals surface area contributed by atoms with Crippen molar-refractivity contribution in [2.75, 3.05) is 19.7 Å². The molecule has 0 aromatic carbocycles. The number of carbonyl (C=O) groups excluding carboxylic acids is 1. The maximum absolute atomic E-state index is 11.6. The first-order valence-electron chi connectivity index (χ1n) is 6.94. The van der Waals surface area contributed by atoms with Crippen molar-refractivity contribution in [3.63, 3.8) is 0 Å². The highest BCUT2D eigenvalue weighted by Gasteiger charge is 2.39. The fourth-order valence-corrected chi connectivity index (χ4v) is 2.67. The average Bonchev–Trinajstić information content (AvgIpc) is 2.91. The minimum absolute atomic E-state index is 0.0332. The second kappa shape index (κ2) is 6.14. The van der Waals surface area contributed by atoms with Crippen LogP contribution < -0.4 is 5.32 Å². The van der Waals surface area contributed by atoms with Crippen molar-refractivity contribution in [2.24, 2.45) is 0 Å². The molecule has 0 radical (unpaired) electrons. The molecule has 1 saturated heterocycles. The second-order valence-electron chi connectivity index (χ2n) is 4.92. The van der Waals surface area contributed by atoms with Crippen molar-refractivity contribution in [1.29, 1.82) is 0 Å². The normalized spacial score (nSPS) is 18.2. The van der Waals surface area contributed by atoms with Crippen LogP contribution in [0, 0.1) is 0 Å². The number of aromatic nitrogens is 2. The van der Waals surface area contributed by atoms with Gasteiger partial charge in [0.2, 0.25) is 5.89 Å². The number of carbonyl (C=O) groups is 1. The number of nitrogens with one attached hydrogen (secondary N) is 1. The summed E-state index contributed by atoms with van der Waals surface area (Å²) >= 11 is 0. The third kappa shape index (κ3) is 2.94. The molecule has 1 aromatic rings. The molecule has 2 rings (SSSR count). The fraction of sp³-hybridized carbons (Fsp3) is 0.769. The molecule has 1 aliphatic rings. The third-order valence-corrected chi connectivity index (χ3v) is 3.63. The summed E-state index contributed by atoms with van der Waals surface area (Å²) in [5.74, 6) is 0.0999. The molecule has 1 fully saturated rings. The van der Waals surface area contributed by atoms with E-state index >= 15 is 0 Å². The monoisotopic (exact) mass is 267 g/mol. The topological polar surface area (TPSA) is 77.2 Å². The predicted molar refractivity (Wildman–Crippen MR) is 68.9 cm³/mol. The highest BCUT2D eigenvalue weighted by molar-refractivity contribution is 5.84. The molecule has 19 heavy (non-hydrogen) atoms. The Labute approximate surface area is 112 Å². The highest BCUT2D eigenvalue weighted by Crippen LogP contribution is 2.36. The summed E-state index contributed by atoms with van der Waals surface area (Å²) in [6.45, 7) is 6.09. The van der Waals surface area contributed by atoms with Gasteiger partial charge in [-0.1, -0.05) is 13.3 Å². The van der Waals surface area contributed by atoms with Crippen molar-refractivity contribution in [3.05, 3.63) is 11.7 Å². The van der Waals surface area contributed by atoms with Gasteiger partial charge in [-0.05, 0) is 44.4 Å². The van der Waals surface area contributed by atoms with Gasteiger partial charge in [-0.15, -0.1) is 0 Å². The lowest BCUT2D eigenvalue weighted by atomic mass is 9.75. The maximum atomic E-state index is 11.6. The van der Waals surface area contributed by atoms with Crippen molar-refractivity contribution < 1.29 is 14.1 Å². The molecule has 1 aromatic heterocycles. The van der Waals surface area contributed by atoms with Gasteiger partial charge in [-0.25, -0.2) is 4.79 Å². The summed E-state index contributed by atoms with van der Waals surface area (Å²) in [6, 6.07) is 0. The molecule has 0 saturated carbocycles. The van der Waals surface area contributed by atoms with Gasteiger partial charge in [0.25, 0.3) is 5.82 Å². The van der Waals surface area contributed by atoms with E-state index in [-0.39, 0.29) is 11.2 Å². The molecule has 0 bridgehead atoms. The Morgan fingerprint density at radius 3 is 2.79 bits per heavy atom. The van der Waals surface area contributed by atoms with Crippen LogP contribution in [-0.2, 0) is 10.2 Å². The van der Waals surface area contributed by atoms with E-state index in [2.05, 4.69) is 22.4 Å². The van der Waals surface area contributed by atoms with Gasteiger partial charge in [0.15, 0.2) is 0 Å². The van der Waals surface area contributed by atoms with Crippen LogP contribution in [0.2, 0.25) is 0 Å². The Hall–Kier alpha value is -1.43. The van der Waals surface area contributed by atoms with E-state index in [1.54, 1.807) is 6.92 Å². The van der Waals surface area contributed by atoms with Crippen molar-refractivity contribution in [3.8, 4) is 0 Å². The molecule has 106 valence electrons. The van der Waals surface area contributed by atoms with Gasteiger partial charge in [-0.3, -0.25) is 0 Å². The van der Waals surface area contributed by atoms with Crippen LogP contribution >= 0.6 is 0 Å². The van der Waals surface area contributed by atoms with Crippen molar-refractivity contribution in [2.45, 2.75) is 44.9 Å². The van der Waals surface area contributed by atoms with Gasteiger partial charge < -0.3 is 14.6 Å². The van der Waals surface area contributed by atoms with E-state index in [4.69, 9.17) is 9.26 Å². The maximum Gasteiger partial charge on any atom is 0.379 e. The van der Waals surface area contributed by atoms with Crippen LogP contribution in [0.1, 0.15) is 56.0 Å². The average molecular weight is 267 g/mol. The van der Waals surface area contributed by atoms with Gasteiger partial charge in [-0.2, -0.15) is 4.98 Å².